The Morgan fingerprint density at radius 2 is 1.95 bits per heavy atom. The summed E-state index contributed by atoms with van der Waals surface area (Å²) in [5, 5.41) is 12.0. The highest BCUT2D eigenvalue weighted by molar-refractivity contribution is 5.98. The molecule has 0 aliphatic carbocycles. The second kappa shape index (κ2) is 6.85. The van der Waals surface area contributed by atoms with Crippen molar-refractivity contribution in [3.63, 3.8) is 0 Å². The summed E-state index contributed by atoms with van der Waals surface area (Å²) in [4.78, 5) is 23.3. The molecule has 1 aromatic carbocycles. The minimum absolute atomic E-state index is 0.0981. The zero-order valence-electron chi connectivity index (χ0n) is 11.7. The number of aliphatic carboxylic acids is 1. The number of aryl methyl sites for hydroxylation is 1. The zero-order chi connectivity index (χ0) is 15.2. The number of benzene rings is 1. The quantitative estimate of drug-likeness (QED) is 0.764. The van der Waals surface area contributed by atoms with Crippen molar-refractivity contribution in [1.29, 1.82) is 0 Å². The molecule has 1 aromatic heterocycles. The van der Waals surface area contributed by atoms with Gasteiger partial charge in [0.05, 0.1) is 12.8 Å². The number of carbonyl (C=O) groups excluding carboxylic acids is 1. The maximum Gasteiger partial charge on any atom is 0.321 e. The smallest absolute Gasteiger partial charge is 0.321 e. The van der Waals surface area contributed by atoms with Crippen LogP contribution in [-0.2, 0) is 11.3 Å². The number of ketones is 1. The van der Waals surface area contributed by atoms with E-state index in [-0.39, 0.29) is 18.7 Å². The highest BCUT2D eigenvalue weighted by atomic mass is 16.4. The van der Waals surface area contributed by atoms with Crippen LogP contribution in [-0.4, -0.2) is 22.9 Å². The molecule has 0 fully saturated rings. The minimum atomic E-state index is -1.05. The van der Waals surface area contributed by atoms with E-state index in [4.69, 9.17) is 4.42 Å². The minimum Gasteiger partial charge on any atom is -0.480 e. The summed E-state index contributed by atoms with van der Waals surface area (Å²) < 4.78 is 5.13. The van der Waals surface area contributed by atoms with Crippen molar-refractivity contribution >= 4 is 11.8 Å². The van der Waals surface area contributed by atoms with Gasteiger partial charge in [-0.15, -0.1) is 0 Å². The molecule has 0 radical (unpaired) electrons. The molecule has 0 saturated carbocycles. The van der Waals surface area contributed by atoms with Gasteiger partial charge in [-0.2, -0.15) is 0 Å². The van der Waals surface area contributed by atoms with Crippen LogP contribution >= 0.6 is 0 Å². The Kier molecular flexibility index (Phi) is 4.90. The van der Waals surface area contributed by atoms with Crippen LogP contribution in [0.1, 0.15) is 28.1 Å². The largest absolute Gasteiger partial charge is 0.480 e. The fraction of sp³-hybridized carbons (Fsp3) is 0.250. The third-order valence-corrected chi connectivity index (χ3v) is 3.16. The van der Waals surface area contributed by atoms with Crippen LogP contribution in [0.3, 0.4) is 0 Å². The van der Waals surface area contributed by atoms with Crippen molar-refractivity contribution in [3.8, 4) is 0 Å². The van der Waals surface area contributed by atoms with Crippen LogP contribution in [0.5, 0.6) is 0 Å². The summed E-state index contributed by atoms with van der Waals surface area (Å²) in [6.07, 6.45) is 1.42. The van der Waals surface area contributed by atoms with E-state index in [1.165, 1.54) is 6.26 Å². The number of hydrogen-bond acceptors (Lipinski definition) is 4. The summed E-state index contributed by atoms with van der Waals surface area (Å²) in [5.74, 6) is -0.625. The topological polar surface area (TPSA) is 79.5 Å². The standard InChI is InChI=1S/C16H17NO4/c1-11-4-6-12(7-5-11)15(18)9-14(16(19)20)17-10-13-3-2-8-21-13/h2-8,14,17H,9-10H2,1H3,(H,19,20). The number of rotatable bonds is 7. The van der Waals surface area contributed by atoms with Crippen molar-refractivity contribution in [2.45, 2.75) is 25.9 Å². The first kappa shape index (κ1) is 15.0. The Morgan fingerprint density at radius 1 is 1.24 bits per heavy atom. The summed E-state index contributed by atoms with van der Waals surface area (Å²) in [6, 6.07) is 9.62. The van der Waals surface area contributed by atoms with Gasteiger partial charge in [-0.05, 0) is 19.1 Å². The van der Waals surface area contributed by atoms with Gasteiger partial charge < -0.3 is 9.52 Å². The molecule has 2 aromatic rings. The molecule has 0 aliphatic heterocycles. The molecule has 0 aliphatic rings. The van der Waals surface area contributed by atoms with Gasteiger partial charge >= 0.3 is 5.97 Å². The summed E-state index contributed by atoms with van der Waals surface area (Å²) in [6.45, 7) is 2.20. The number of Topliss-reactive ketones (excluding diaryl/α,β-unsaturated/α-hetero) is 1. The van der Waals surface area contributed by atoms with Crippen LogP contribution in [0.4, 0.5) is 0 Å². The number of carboxylic acids is 1. The Labute approximate surface area is 122 Å². The van der Waals surface area contributed by atoms with E-state index in [9.17, 15) is 14.7 Å². The Hall–Kier alpha value is -2.40. The van der Waals surface area contributed by atoms with Gasteiger partial charge in [-0.1, -0.05) is 29.8 Å². The Morgan fingerprint density at radius 3 is 2.52 bits per heavy atom. The van der Waals surface area contributed by atoms with Gasteiger partial charge in [0, 0.05) is 12.0 Å². The molecule has 110 valence electrons. The van der Waals surface area contributed by atoms with Crippen molar-refractivity contribution in [2.75, 3.05) is 0 Å². The monoisotopic (exact) mass is 287 g/mol. The fourth-order valence-electron chi connectivity index (χ4n) is 1.93. The summed E-state index contributed by atoms with van der Waals surface area (Å²) in [7, 11) is 0. The van der Waals surface area contributed by atoms with Crippen molar-refractivity contribution in [1.82, 2.24) is 5.32 Å². The van der Waals surface area contributed by atoms with Gasteiger partial charge in [0.15, 0.2) is 5.78 Å². The molecule has 5 nitrogen and oxygen atoms in total. The number of carboxylic acid groups (broad SMARTS) is 1. The van der Waals surface area contributed by atoms with Gasteiger partial charge in [-0.25, -0.2) is 0 Å². The molecular weight excluding hydrogens is 270 g/mol. The van der Waals surface area contributed by atoms with Crippen LogP contribution < -0.4 is 5.32 Å². The predicted octanol–water partition coefficient (Wildman–Crippen LogP) is 2.40. The van der Waals surface area contributed by atoms with E-state index in [0.717, 1.165) is 5.56 Å². The summed E-state index contributed by atoms with van der Waals surface area (Å²) >= 11 is 0. The molecular formula is C16H17NO4. The van der Waals surface area contributed by atoms with Gasteiger partial charge in [-0.3, -0.25) is 14.9 Å². The number of nitrogens with one attached hydrogen (secondary N) is 1. The lowest BCUT2D eigenvalue weighted by molar-refractivity contribution is -0.139. The lowest BCUT2D eigenvalue weighted by atomic mass is 10.0. The van der Waals surface area contributed by atoms with Crippen molar-refractivity contribution < 1.29 is 19.1 Å². The molecule has 0 amide bonds. The molecule has 0 spiro atoms. The van der Waals surface area contributed by atoms with Crippen LogP contribution in [0.15, 0.2) is 47.1 Å². The lowest BCUT2D eigenvalue weighted by Gasteiger charge is -2.13. The number of carbonyl (C=O) groups is 2. The predicted molar refractivity (Wildman–Crippen MR) is 77.1 cm³/mol. The Balaban J connectivity index is 1.97. The van der Waals surface area contributed by atoms with Crippen LogP contribution in [0.25, 0.3) is 0 Å². The molecule has 2 rings (SSSR count). The van der Waals surface area contributed by atoms with E-state index < -0.39 is 12.0 Å². The van der Waals surface area contributed by atoms with Crippen LogP contribution in [0.2, 0.25) is 0 Å². The molecule has 0 bridgehead atoms. The highest BCUT2D eigenvalue weighted by Gasteiger charge is 2.21. The molecule has 5 heteroatoms. The van der Waals surface area contributed by atoms with E-state index in [1.807, 2.05) is 19.1 Å². The van der Waals surface area contributed by atoms with E-state index in [2.05, 4.69) is 5.32 Å². The normalized spacial score (nSPS) is 12.0. The molecule has 1 atom stereocenters. The van der Waals surface area contributed by atoms with Crippen molar-refractivity contribution in [3.05, 3.63) is 59.5 Å². The van der Waals surface area contributed by atoms with Crippen LogP contribution in [0, 0.1) is 6.92 Å². The first-order chi connectivity index (χ1) is 10.1. The van der Waals surface area contributed by atoms with Gasteiger partial charge in [0.1, 0.15) is 11.8 Å². The summed E-state index contributed by atoms with van der Waals surface area (Å²) in [5.41, 5.74) is 1.57. The Bertz CT molecular complexity index is 602. The second-order valence-corrected chi connectivity index (χ2v) is 4.84. The third-order valence-electron chi connectivity index (χ3n) is 3.16. The first-order valence-electron chi connectivity index (χ1n) is 6.64. The average Bonchev–Trinajstić information content (AvgIpc) is 2.96. The molecule has 1 unspecified atom stereocenters. The lowest BCUT2D eigenvalue weighted by Crippen LogP contribution is -2.38. The fourth-order valence-corrected chi connectivity index (χ4v) is 1.93. The number of hydrogen-bond donors (Lipinski definition) is 2. The maximum absolute atomic E-state index is 12.1. The van der Waals surface area contributed by atoms with Gasteiger partial charge in [0.2, 0.25) is 0 Å². The zero-order valence-corrected chi connectivity index (χ0v) is 11.7. The first-order valence-corrected chi connectivity index (χ1v) is 6.64. The second-order valence-electron chi connectivity index (χ2n) is 4.84. The maximum atomic E-state index is 12.1. The molecule has 2 N–H and O–H groups in total. The molecule has 21 heavy (non-hydrogen) atoms. The van der Waals surface area contributed by atoms with E-state index in [1.54, 1.807) is 24.3 Å². The molecule has 0 saturated heterocycles. The average molecular weight is 287 g/mol. The van der Waals surface area contributed by atoms with Crippen molar-refractivity contribution in [2.24, 2.45) is 0 Å². The molecule has 1 heterocycles. The number of furan rings is 1. The van der Waals surface area contributed by atoms with E-state index >= 15 is 0 Å². The third kappa shape index (κ3) is 4.29. The highest BCUT2D eigenvalue weighted by Crippen LogP contribution is 2.09. The van der Waals surface area contributed by atoms with Gasteiger partial charge in [0.25, 0.3) is 0 Å². The van der Waals surface area contributed by atoms with E-state index in [0.29, 0.717) is 11.3 Å². The SMILES string of the molecule is Cc1ccc(C(=O)CC(NCc2ccco2)C(=O)O)cc1.